The molecule has 34 heavy (non-hydrogen) atoms. The standard InChI is InChI=1S/C26H26ClNO6/c1-3-12-34-20-11-8-17(14-21(20)32-2)23-22(24(29)16-6-9-18(27)10-7-16)25(30)26(31)28(23)15-19-5-4-13-33-19/h3,6-11,14,19,23,29H,1,4-5,12-13,15H2,2H3. The van der Waals surface area contributed by atoms with Crippen LogP contribution >= 0.6 is 11.6 Å². The van der Waals surface area contributed by atoms with Crippen molar-refractivity contribution in [2.75, 3.05) is 26.9 Å². The van der Waals surface area contributed by atoms with Crippen molar-refractivity contribution in [2.24, 2.45) is 0 Å². The number of nitrogens with zero attached hydrogens (tertiary/aromatic N) is 1. The van der Waals surface area contributed by atoms with Gasteiger partial charge >= 0.3 is 0 Å². The van der Waals surface area contributed by atoms with E-state index in [0.29, 0.717) is 40.9 Å². The van der Waals surface area contributed by atoms with Crippen LogP contribution in [0.25, 0.3) is 5.76 Å². The van der Waals surface area contributed by atoms with E-state index >= 15 is 0 Å². The molecule has 2 heterocycles. The number of halogens is 1. The Labute approximate surface area is 203 Å². The number of aliphatic hydroxyl groups is 1. The van der Waals surface area contributed by atoms with Crippen LogP contribution < -0.4 is 9.47 Å². The molecule has 2 aliphatic heterocycles. The highest BCUT2D eigenvalue weighted by Gasteiger charge is 2.47. The van der Waals surface area contributed by atoms with E-state index in [1.54, 1.807) is 48.5 Å². The fourth-order valence-electron chi connectivity index (χ4n) is 4.31. The number of aliphatic hydroxyl groups excluding tert-OH is 1. The Hall–Kier alpha value is -3.29. The van der Waals surface area contributed by atoms with Gasteiger partial charge in [0.05, 0.1) is 24.8 Å². The van der Waals surface area contributed by atoms with Crippen molar-refractivity contribution in [3.8, 4) is 11.5 Å². The molecule has 0 aromatic heterocycles. The van der Waals surface area contributed by atoms with Gasteiger partial charge in [0.25, 0.3) is 11.7 Å². The third kappa shape index (κ3) is 4.67. The van der Waals surface area contributed by atoms with E-state index in [1.807, 2.05) is 0 Å². The first-order valence-corrected chi connectivity index (χ1v) is 11.4. The Kier molecular flexibility index (Phi) is 7.24. The molecular formula is C26H26ClNO6. The number of rotatable bonds is 8. The minimum atomic E-state index is -0.817. The number of ketones is 1. The van der Waals surface area contributed by atoms with Gasteiger partial charge in [-0.25, -0.2) is 0 Å². The van der Waals surface area contributed by atoms with Crippen LogP contribution in [0.3, 0.4) is 0 Å². The molecule has 7 nitrogen and oxygen atoms in total. The molecule has 1 N–H and O–H groups in total. The lowest BCUT2D eigenvalue weighted by atomic mass is 9.95. The Morgan fingerprint density at radius 1 is 1.24 bits per heavy atom. The molecule has 0 spiro atoms. The van der Waals surface area contributed by atoms with Gasteiger partial charge in [-0.2, -0.15) is 0 Å². The molecule has 0 radical (unpaired) electrons. The lowest BCUT2D eigenvalue weighted by molar-refractivity contribution is -0.140. The van der Waals surface area contributed by atoms with E-state index in [9.17, 15) is 14.7 Å². The lowest BCUT2D eigenvalue weighted by Gasteiger charge is -2.28. The van der Waals surface area contributed by atoms with Gasteiger partial charge in [-0.1, -0.05) is 30.3 Å². The molecule has 2 aliphatic rings. The number of carbonyl (C=O) groups is 2. The van der Waals surface area contributed by atoms with Gasteiger partial charge in [0.2, 0.25) is 0 Å². The van der Waals surface area contributed by atoms with Crippen LogP contribution in [0.1, 0.15) is 30.0 Å². The minimum absolute atomic E-state index is 0.00660. The summed E-state index contributed by atoms with van der Waals surface area (Å²) in [6.07, 6.45) is 3.14. The first kappa shape index (κ1) is 23.9. The minimum Gasteiger partial charge on any atom is -0.507 e. The molecule has 4 rings (SSSR count). The molecule has 2 aromatic carbocycles. The molecule has 2 fully saturated rings. The van der Waals surface area contributed by atoms with Crippen molar-refractivity contribution in [3.63, 3.8) is 0 Å². The van der Waals surface area contributed by atoms with Crippen molar-refractivity contribution in [3.05, 3.63) is 76.8 Å². The van der Waals surface area contributed by atoms with Crippen LogP contribution in [-0.2, 0) is 14.3 Å². The second kappa shape index (κ2) is 10.3. The maximum absolute atomic E-state index is 13.2. The zero-order valence-electron chi connectivity index (χ0n) is 18.8. The monoisotopic (exact) mass is 483 g/mol. The van der Waals surface area contributed by atoms with E-state index in [-0.39, 0.29) is 24.0 Å². The van der Waals surface area contributed by atoms with Gasteiger partial charge in [-0.05, 0) is 54.8 Å². The van der Waals surface area contributed by atoms with Gasteiger partial charge < -0.3 is 24.2 Å². The summed E-state index contributed by atoms with van der Waals surface area (Å²) < 4.78 is 16.9. The smallest absolute Gasteiger partial charge is 0.295 e. The highest BCUT2D eigenvalue weighted by Crippen LogP contribution is 2.42. The van der Waals surface area contributed by atoms with E-state index in [2.05, 4.69) is 6.58 Å². The maximum atomic E-state index is 13.2. The summed E-state index contributed by atoms with van der Waals surface area (Å²) in [7, 11) is 1.51. The third-order valence-electron chi connectivity index (χ3n) is 5.94. The van der Waals surface area contributed by atoms with Crippen LogP contribution in [0.4, 0.5) is 0 Å². The molecule has 2 saturated heterocycles. The quantitative estimate of drug-likeness (QED) is 0.257. The number of methoxy groups -OCH3 is 1. The lowest BCUT2D eigenvalue weighted by Crippen LogP contribution is -2.36. The van der Waals surface area contributed by atoms with Crippen molar-refractivity contribution in [1.29, 1.82) is 0 Å². The Balaban J connectivity index is 1.82. The molecule has 2 aromatic rings. The van der Waals surface area contributed by atoms with Crippen LogP contribution in [0.2, 0.25) is 5.02 Å². The molecular weight excluding hydrogens is 458 g/mol. The third-order valence-corrected chi connectivity index (χ3v) is 6.19. The van der Waals surface area contributed by atoms with Crippen molar-refractivity contribution < 1.29 is 28.9 Å². The number of likely N-dealkylation sites (tertiary alicyclic amines) is 1. The summed E-state index contributed by atoms with van der Waals surface area (Å²) in [5, 5.41) is 11.6. The second-order valence-electron chi connectivity index (χ2n) is 8.10. The maximum Gasteiger partial charge on any atom is 0.295 e. The summed E-state index contributed by atoms with van der Waals surface area (Å²) >= 11 is 5.98. The van der Waals surface area contributed by atoms with Gasteiger partial charge in [0.1, 0.15) is 12.4 Å². The number of ether oxygens (including phenoxy) is 3. The predicted molar refractivity (Wildman–Crippen MR) is 128 cm³/mol. The average molecular weight is 484 g/mol. The van der Waals surface area contributed by atoms with Crippen LogP contribution in [-0.4, -0.2) is 54.7 Å². The first-order valence-electron chi connectivity index (χ1n) is 11.0. The molecule has 1 amide bonds. The number of hydrogen-bond acceptors (Lipinski definition) is 6. The number of amides is 1. The van der Waals surface area contributed by atoms with Crippen molar-refractivity contribution in [1.82, 2.24) is 4.90 Å². The van der Waals surface area contributed by atoms with Crippen LogP contribution in [0.5, 0.6) is 11.5 Å². The molecule has 8 heteroatoms. The van der Waals surface area contributed by atoms with E-state index < -0.39 is 17.7 Å². The summed E-state index contributed by atoms with van der Waals surface area (Å²) in [6.45, 7) is 4.80. The summed E-state index contributed by atoms with van der Waals surface area (Å²) in [5.74, 6) is -0.752. The second-order valence-corrected chi connectivity index (χ2v) is 8.54. The fraction of sp³-hybridized carbons (Fsp3) is 0.308. The zero-order chi connectivity index (χ0) is 24.2. The summed E-state index contributed by atoms with van der Waals surface area (Å²) in [5.41, 5.74) is 1.00. The highest BCUT2D eigenvalue weighted by atomic mass is 35.5. The average Bonchev–Trinajstić information content (AvgIpc) is 3.45. The number of benzene rings is 2. The van der Waals surface area contributed by atoms with Gasteiger partial charge in [0, 0.05) is 23.7 Å². The first-order chi connectivity index (χ1) is 16.4. The Morgan fingerprint density at radius 2 is 2.00 bits per heavy atom. The van der Waals surface area contributed by atoms with Crippen LogP contribution in [0, 0.1) is 0 Å². The topological polar surface area (TPSA) is 85.3 Å². The normalized spacial score (nSPS) is 21.6. The number of Topliss-reactive ketones (excluding diaryl/α,β-unsaturated/α-hetero) is 1. The molecule has 0 aliphatic carbocycles. The largest absolute Gasteiger partial charge is 0.507 e. The van der Waals surface area contributed by atoms with Crippen molar-refractivity contribution in [2.45, 2.75) is 25.0 Å². The fourth-order valence-corrected chi connectivity index (χ4v) is 4.43. The molecule has 178 valence electrons. The zero-order valence-corrected chi connectivity index (χ0v) is 19.6. The van der Waals surface area contributed by atoms with E-state index in [4.69, 9.17) is 25.8 Å². The van der Waals surface area contributed by atoms with E-state index in [1.165, 1.54) is 12.0 Å². The Morgan fingerprint density at radius 3 is 2.65 bits per heavy atom. The Bertz CT molecular complexity index is 1120. The SMILES string of the molecule is C=CCOc1ccc(C2C(=C(O)c3ccc(Cl)cc3)C(=O)C(=O)N2CC2CCCO2)cc1OC. The number of carbonyl (C=O) groups excluding carboxylic acids is 2. The van der Waals surface area contributed by atoms with Crippen molar-refractivity contribution >= 4 is 29.1 Å². The molecule has 2 atom stereocenters. The molecule has 0 saturated carbocycles. The van der Waals surface area contributed by atoms with Gasteiger partial charge in [-0.15, -0.1) is 0 Å². The van der Waals surface area contributed by atoms with Gasteiger partial charge in [0.15, 0.2) is 11.5 Å². The van der Waals surface area contributed by atoms with E-state index in [0.717, 1.165) is 12.8 Å². The highest BCUT2D eigenvalue weighted by molar-refractivity contribution is 6.46. The summed E-state index contributed by atoms with van der Waals surface area (Å²) in [6, 6.07) is 10.8. The molecule has 0 bridgehead atoms. The summed E-state index contributed by atoms with van der Waals surface area (Å²) in [4.78, 5) is 27.8. The predicted octanol–water partition coefficient (Wildman–Crippen LogP) is 4.51. The number of hydrogen-bond donors (Lipinski definition) is 1. The molecule has 2 unspecified atom stereocenters. The van der Waals surface area contributed by atoms with Gasteiger partial charge in [-0.3, -0.25) is 9.59 Å². The van der Waals surface area contributed by atoms with Crippen LogP contribution in [0.15, 0.2) is 60.7 Å².